The van der Waals surface area contributed by atoms with E-state index >= 15 is 0 Å². The summed E-state index contributed by atoms with van der Waals surface area (Å²) in [6.07, 6.45) is -8.26. The van der Waals surface area contributed by atoms with Crippen LogP contribution in [0.25, 0.3) is 16.4 Å². The van der Waals surface area contributed by atoms with E-state index in [0.717, 1.165) is 59.7 Å². The summed E-state index contributed by atoms with van der Waals surface area (Å²) in [7, 11) is 0. The fraction of sp³-hybridized carbons (Fsp3) is 0.348. The van der Waals surface area contributed by atoms with E-state index in [0.29, 0.717) is 16.7 Å². The van der Waals surface area contributed by atoms with Gasteiger partial charge in [0.1, 0.15) is 0 Å². The van der Waals surface area contributed by atoms with Gasteiger partial charge in [0.15, 0.2) is 11.6 Å². The maximum absolute atomic E-state index is 10.6. The molecule has 19 heteroatoms. The van der Waals surface area contributed by atoms with Crippen LogP contribution in [0, 0.1) is 13.8 Å². The molecule has 42 heavy (non-hydrogen) atoms. The van der Waals surface area contributed by atoms with Crippen LogP contribution in [0.1, 0.15) is 11.4 Å². The highest BCUT2D eigenvalue weighted by molar-refractivity contribution is 6.36. The number of rotatable bonds is 3. The molecule has 5 rings (SSSR count). The molecule has 0 bridgehead atoms. The number of carbonyl (C=O) groups is 2. The number of aromatic amines is 1. The molecule has 228 valence electrons. The van der Waals surface area contributed by atoms with Gasteiger partial charge in [0, 0.05) is 37.9 Å². The van der Waals surface area contributed by atoms with E-state index in [1.165, 1.54) is 0 Å². The second-order valence-electron chi connectivity index (χ2n) is 8.72. The molecule has 1 aliphatic rings. The number of carboxylic acid groups (broad SMARTS) is 2. The number of carboxylic acids is 2. The van der Waals surface area contributed by atoms with Crippen molar-refractivity contribution in [1.82, 2.24) is 30.1 Å². The normalized spacial score (nSPS) is 13.7. The van der Waals surface area contributed by atoms with E-state index < -0.39 is 24.3 Å². The molecule has 1 aromatic carbocycles. The fourth-order valence-corrected chi connectivity index (χ4v) is 4.07. The number of benzene rings is 1. The monoisotopic (exact) mass is 624 g/mol. The molecule has 4 heterocycles. The Bertz CT molecular complexity index is 1560. The van der Waals surface area contributed by atoms with Crippen LogP contribution in [0.4, 0.5) is 43.7 Å². The average molecular weight is 625 g/mol. The summed E-state index contributed by atoms with van der Waals surface area (Å²) in [6.45, 7) is 7.83. The Morgan fingerprint density at radius 3 is 2.12 bits per heavy atom. The number of aryl methyl sites for hydroxylation is 2. The van der Waals surface area contributed by atoms with Crippen molar-refractivity contribution < 1.29 is 46.1 Å². The standard InChI is InChI=1S/C19H21ClN8.2C2HF3O2/c1-11-10-28-16(12(2)22-11)9-17(26-28)23-19-18-14(20)7-13(8-15(18)24-25-19)27-5-3-21-4-6-27;2*3-2(4,5)1(6)7/h7-10,21H,3-6H2,1-2H3,(H2,23,24,25,26);2*(H,6,7). The molecule has 0 unspecified atom stereocenters. The van der Waals surface area contributed by atoms with Gasteiger partial charge in [0.05, 0.1) is 39.0 Å². The molecule has 3 aromatic heterocycles. The molecular weight excluding hydrogens is 602 g/mol. The Morgan fingerprint density at radius 2 is 1.57 bits per heavy atom. The number of alkyl halides is 6. The molecule has 0 saturated carbocycles. The molecule has 12 nitrogen and oxygen atoms in total. The second kappa shape index (κ2) is 12.7. The maximum atomic E-state index is 10.6. The predicted octanol–water partition coefficient (Wildman–Crippen LogP) is 4.30. The third kappa shape index (κ3) is 8.12. The molecule has 0 aliphatic carbocycles. The van der Waals surface area contributed by atoms with Crippen LogP contribution in [0.5, 0.6) is 0 Å². The third-order valence-electron chi connectivity index (χ3n) is 5.57. The molecule has 0 amide bonds. The summed E-state index contributed by atoms with van der Waals surface area (Å²) in [4.78, 5) is 24.6. The van der Waals surface area contributed by atoms with Gasteiger partial charge < -0.3 is 25.7 Å². The zero-order valence-electron chi connectivity index (χ0n) is 21.7. The minimum Gasteiger partial charge on any atom is -0.475 e. The number of aromatic nitrogens is 5. The molecule has 5 N–H and O–H groups in total. The van der Waals surface area contributed by atoms with Gasteiger partial charge in [-0.15, -0.1) is 5.10 Å². The van der Waals surface area contributed by atoms with Crippen molar-refractivity contribution in [2.24, 2.45) is 0 Å². The highest BCUT2D eigenvalue weighted by Gasteiger charge is 2.38. The van der Waals surface area contributed by atoms with Gasteiger partial charge in [-0.1, -0.05) is 11.6 Å². The number of hydrogen-bond donors (Lipinski definition) is 5. The van der Waals surface area contributed by atoms with Gasteiger partial charge in [0.25, 0.3) is 0 Å². The van der Waals surface area contributed by atoms with Gasteiger partial charge in [-0.05, 0) is 26.0 Å². The number of piperazine rings is 1. The number of nitrogens with zero attached hydrogens (tertiary/aromatic N) is 5. The summed E-state index contributed by atoms with van der Waals surface area (Å²) < 4.78 is 65.3. The first-order valence-corrected chi connectivity index (χ1v) is 12.2. The largest absolute Gasteiger partial charge is 0.490 e. The Labute approximate surface area is 237 Å². The van der Waals surface area contributed by atoms with Crippen LogP contribution in [0.2, 0.25) is 5.02 Å². The predicted molar refractivity (Wildman–Crippen MR) is 139 cm³/mol. The van der Waals surface area contributed by atoms with E-state index in [2.05, 4.69) is 41.9 Å². The minimum absolute atomic E-state index is 0.664. The first kappa shape index (κ1) is 32.2. The van der Waals surface area contributed by atoms with Crippen LogP contribution >= 0.6 is 11.6 Å². The Kier molecular flexibility index (Phi) is 9.72. The first-order chi connectivity index (χ1) is 19.5. The van der Waals surface area contributed by atoms with Crippen LogP contribution in [-0.4, -0.2) is 85.5 Å². The first-order valence-electron chi connectivity index (χ1n) is 11.8. The summed E-state index contributed by atoms with van der Waals surface area (Å²) in [5.41, 5.74) is 4.83. The summed E-state index contributed by atoms with van der Waals surface area (Å²) in [5.74, 6) is -4.15. The van der Waals surface area contributed by atoms with Crippen LogP contribution in [-0.2, 0) is 9.59 Å². The number of aliphatic carboxylic acids is 2. The van der Waals surface area contributed by atoms with Crippen molar-refractivity contribution in [1.29, 1.82) is 0 Å². The van der Waals surface area contributed by atoms with Crippen molar-refractivity contribution in [3.8, 4) is 0 Å². The van der Waals surface area contributed by atoms with E-state index in [4.69, 9.17) is 31.4 Å². The minimum atomic E-state index is -5.08. The number of nitrogens with one attached hydrogen (secondary N) is 3. The second-order valence-corrected chi connectivity index (χ2v) is 9.12. The summed E-state index contributed by atoms with van der Waals surface area (Å²) in [6, 6.07) is 6.08. The highest BCUT2D eigenvalue weighted by atomic mass is 35.5. The molecule has 1 saturated heterocycles. The lowest BCUT2D eigenvalue weighted by molar-refractivity contribution is -0.193. The van der Waals surface area contributed by atoms with Crippen molar-refractivity contribution >= 4 is 57.3 Å². The Morgan fingerprint density at radius 1 is 1.00 bits per heavy atom. The van der Waals surface area contributed by atoms with Crippen LogP contribution in [0.15, 0.2) is 24.4 Å². The van der Waals surface area contributed by atoms with Gasteiger partial charge in [0.2, 0.25) is 0 Å². The molecule has 0 atom stereocenters. The quantitative estimate of drug-likeness (QED) is 0.208. The number of anilines is 3. The molecule has 0 spiro atoms. The highest BCUT2D eigenvalue weighted by Crippen LogP contribution is 2.34. The van der Waals surface area contributed by atoms with Gasteiger partial charge >= 0.3 is 24.3 Å². The van der Waals surface area contributed by atoms with Crippen molar-refractivity contribution in [3.63, 3.8) is 0 Å². The molecule has 1 aliphatic heterocycles. The molecule has 0 radical (unpaired) electrons. The topological polar surface area (TPSA) is 161 Å². The smallest absolute Gasteiger partial charge is 0.475 e. The van der Waals surface area contributed by atoms with Crippen molar-refractivity contribution in [3.05, 3.63) is 40.8 Å². The zero-order valence-corrected chi connectivity index (χ0v) is 22.5. The lowest BCUT2D eigenvalue weighted by Gasteiger charge is -2.29. The maximum Gasteiger partial charge on any atom is 0.490 e. The van der Waals surface area contributed by atoms with Crippen LogP contribution < -0.4 is 15.5 Å². The molecular formula is C23H23ClF6N8O4. The van der Waals surface area contributed by atoms with Gasteiger partial charge in [-0.25, -0.2) is 14.1 Å². The number of fused-ring (bicyclic) bond motifs is 2. The Balaban J connectivity index is 0.000000289. The lowest BCUT2D eigenvalue weighted by Crippen LogP contribution is -2.43. The SMILES string of the molecule is Cc1cn2nc(Nc3n[nH]c4cc(N5CCNCC5)cc(Cl)c34)cc2c(C)n1.O=C(O)C(F)(F)F.O=C(O)C(F)(F)F. The van der Waals surface area contributed by atoms with E-state index in [1.54, 1.807) is 0 Å². The fourth-order valence-electron chi connectivity index (χ4n) is 3.76. The number of halogens is 7. The zero-order chi connectivity index (χ0) is 31.4. The van der Waals surface area contributed by atoms with E-state index in [9.17, 15) is 26.3 Å². The van der Waals surface area contributed by atoms with Gasteiger partial charge in [-0.3, -0.25) is 10.1 Å². The number of hydrogen-bond acceptors (Lipinski definition) is 8. The van der Waals surface area contributed by atoms with Gasteiger partial charge in [-0.2, -0.15) is 31.4 Å². The summed E-state index contributed by atoms with van der Waals surface area (Å²) in [5, 5.41) is 34.6. The van der Waals surface area contributed by atoms with E-state index in [1.807, 2.05) is 36.7 Å². The average Bonchev–Trinajstić information content (AvgIpc) is 3.48. The van der Waals surface area contributed by atoms with Crippen LogP contribution in [0.3, 0.4) is 0 Å². The lowest BCUT2D eigenvalue weighted by atomic mass is 10.2. The third-order valence-corrected chi connectivity index (χ3v) is 5.87. The molecule has 4 aromatic rings. The summed E-state index contributed by atoms with van der Waals surface area (Å²) >= 11 is 6.64. The number of H-pyrrole nitrogens is 1. The van der Waals surface area contributed by atoms with Crippen molar-refractivity contribution in [2.45, 2.75) is 26.2 Å². The van der Waals surface area contributed by atoms with E-state index in [-0.39, 0.29) is 0 Å². The van der Waals surface area contributed by atoms with Crippen molar-refractivity contribution in [2.75, 3.05) is 36.4 Å². The molecule has 1 fully saturated rings. The Hall–Kier alpha value is -4.32.